The van der Waals surface area contributed by atoms with Crippen LogP contribution in [0.3, 0.4) is 0 Å². The zero-order valence-electron chi connectivity index (χ0n) is 10.7. The number of carboxylic acids is 1. The Bertz CT molecular complexity index is 422. The van der Waals surface area contributed by atoms with Crippen molar-refractivity contribution in [2.75, 3.05) is 6.26 Å². The quantitative estimate of drug-likeness (QED) is 0.738. The summed E-state index contributed by atoms with van der Waals surface area (Å²) in [4.78, 5) is 22.4. The lowest BCUT2D eigenvalue weighted by Gasteiger charge is -2.30. The Morgan fingerprint density at radius 1 is 1.18 bits per heavy atom. The average Bonchev–Trinajstić information content (AvgIpc) is 1.97. The number of carbonyl (C=O) groups is 2. The van der Waals surface area contributed by atoms with E-state index in [1.807, 2.05) is 0 Å². The zero-order chi connectivity index (χ0) is 14.1. The third kappa shape index (κ3) is 4.33. The van der Waals surface area contributed by atoms with Gasteiger partial charge in [-0.1, -0.05) is 0 Å². The molecule has 0 aromatic carbocycles. The number of hydrogen-bond acceptors (Lipinski definition) is 4. The highest BCUT2D eigenvalue weighted by Crippen LogP contribution is 2.18. The van der Waals surface area contributed by atoms with Gasteiger partial charge in [-0.2, -0.15) is 0 Å². The number of carbonyl (C=O) groups excluding carboxylic acids is 1. The topological polar surface area (TPSA) is 101 Å². The second kappa shape index (κ2) is 4.64. The fourth-order valence-corrected chi connectivity index (χ4v) is 1.44. The zero-order valence-corrected chi connectivity index (χ0v) is 11.5. The SMILES string of the molecule is CC(C)(CC(=O)O)NC(=O)C(C)(C)S(C)(=O)=O. The maximum Gasteiger partial charge on any atom is 0.305 e. The maximum atomic E-state index is 11.8. The maximum absolute atomic E-state index is 11.8. The molecule has 0 saturated heterocycles. The number of amides is 1. The highest BCUT2D eigenvalue weighted by atomic mass is 32.2. The minimum Gasteiger partial charge on any atom is -0.481 e. The first-order chi connectivity index (χ1) is 7.29. The summed E-state index contributed by atoms with van der Waals surface area (Å²) in [6.07, 6.45) is 0.690. The van der Waals surface area contributed by atoms with Gasteiger partial charge in [-0.15, -0.1) is 0 Å². The molecule has 0 atom stereocenters. The van der Waals surface area contributed by atoms with Gasteiger partial charge < -0.3 is 10.4 Å². The van der Waals surface area contributed by atoms with Gasteiger partial charge in [-0.05, 0) is 27.7 Å². The van der Waals surface area contributed by atoms with Crippen LogP contribution in [0.25, 0.3) is 0 Å². The average molecular weight is 265 g/mol. The molecule has 17 heavy (non-hydrogen) atoms. The predicted molar refractivity (Wildman–Crippen MR) is 63.4 cm³/mol. The Labute approximate surface area is 101 Å². The van der Waals surface area contributed by atoms with Crippen LogP contribution in [0.1, 0.15) is 34.1 Å². The van der Waals surface area contributed by atoms with Crippen molar-refractivity contribution in [3.8, 4) is 0 Å². The summed E-state index contributed by atoms with van der Waals surface area (Å²) in [5, 5.41) is 11.1. The Morgan fingerprint density at radius 3 is 1.88 bits per heavy atom. The van der Waals surface area contributed by atoms with Crippen LogP contribution in [0.2, 0.25) is 0 Å². The Morgan fingerprint density at radius 2 is 1.59 bits per heavy atom. The van der Waals surface area contributed by atoms with Crippen LogP contribution in [0.15, 0.2) is 0 Å². The molecule has 6 nitrogen and oxygen atoms in total. The van der Waals surface area contributed by atoms with Crippen LogP contribution < -0.4 is 5.32 Å². The van der Waals surface area contributed by atoms with Crippen molar-refractivity contribution >= 4 is 21.7 Å². The van der Waals surface area contributed by atoms with Crippen LogP contribution >= 0.6 is 0 Å². The molecule has 100 valence electrons. The monoisotopic (exact) mass is 265 g/mol. The minimum atomic E-state index is -3.56. The Kier molecular flexibility index (Phi) is 4.33. The first-order valence-electron chi connectivity index (χ1n) is 5.03. The molecule has 0 radical (unpaired) electrons. The van der Waals surface area contributed by atoms with E-state index in [0.717, 1.165) is 6.26 Å². The van der Waals surface area contributed by atoms with Crippen molar-refractivity contribution in [1.29, 1.82) is 0 Å². The molecule has 0 bridgehead atoms. The van der Waals surface area contributed by atoms with E-state index < -0.39 is 32.0 Å². The summed E-state index contributed by atoms with van der Waals surface area (Å²) in [7, 11) is -3.56. The highest BCUT2D eigenvalue weighted by molar-refractivity contribution is 7.92. The second-order valence-corrected chi connectivity index (χ2v) is 7.76. The number of aliphatic carboxylic acids is 1. The largest absolute Gasteiger partial charge is 0.481 e. The van der Waals surface area contributed by atoms with Gasteiger partial charge in [0.15, 0.2) is 9.84 Å². The Hall–Kier alpha value is -1.11. The molecular weight excluding hydrogens is 246 g/mol. The molecule has 0 saturated carbocycles. The van der Waals surface area contributed by atoms with Crippen LogP contribution in [-0.4, -0.2) is 41.9 Å². The van der Waals surface area contributed by atoms with E-state index in [1.54, 1.807) is 0 Å². The molecule has 0 aromatic heterocycles. The molecular formula is C10H19NO5S. The fraction of sp³-hybridized carbons (Fsp3) is 0.800. The van der Waals surface area contributed by atoms with Crippen molar-refractivity contribution in [2.24, 2.45) is 0 Å². The van der Waals surface area contributed by atoms with Crippen LogP contribution in [0, 0.1) is 0 Å². The van der Waals surface area contributed by atoms with Crippen LogP contribution in [0.4, 0.5) is 0 Å². The molecule has 0 aliphatic carbocycles. The van der Waals surface area contributed by atoms with E-state index in [-0.39, 0.29) is 6.42 Å². The summed E-state index contributed by atoms with van der Waals surface area (Å²) in [5.74, 6) is -1.77. The predicted octanol–water partition coefficient (Wildman–Crippen LogP) is 0.179. The van der Waals surface area contributed by atoms with E-state index >= 15 is 0 Å². The number of hydrogen-bond donors (Lipinski definition) is 2. The number of carboxylic acid groups (broad SMARTS) is 1. The van der Waals surface area contributed by atoms with Gasteiger partial charge in [0, 0.05) is 11.8 Å². The van der Waals surface area contributed by atoms with E-state index in [2.05, 4.69) is 5.32 Å². The van der Waals surface area contributed by atoms with E-state index in [0.29, 0.717) is 0 Å². The molecule has 0 aliphatic rings. The molecule has 0 unspecified atom stereocenters. The van der Waals surface area contributed by atoms with Crippen molar-refractivity contribution in [3.63, 3.8) is 0 Å². The smallest absolute Gasteiger partial charge is 0.305 e. The van der Waals surface area contributed by atoms with Gasteiger partial charge in [0.05, 0.1) is 6.42 Å². The molecule has 0 fully saturated rings. The van der Waals surface area contributed by atoms with Gasteiger partial charge >= 0.3 is 5.97 Å². The molecule has 7 heteroatoms. The molecule has 0 rings (SSSR count). The molecule has 2 N–H and O–H groups in total. The Balaban J connectivity index is 4.95. The van der Waals surface area contributed by atoms with Gasteiger partial charge in [-0.3, -0.25) is 9.59 Å². The first-order valence-corrected chi connectivity index (χ1v) is 6.93. The minimum absolute atomic E-state index is 0.279. The van der Waals surface area contributed by atoms with Crippen molar-refractivity contribution in [3.05, 3.63) is 0 Å². The molecule has 0 heterocycles. The lowest BCUT2D eigenvalue weighted by atomic mass is 9.99. The number of nitrogens with one attached hydrogen (secondary N) is 1. The fourth-order valence-electron chi connectivity index (χ4n) is 1.05. The van der Waals surface area contributed by atoms with Gasteiger partial charge in [-0.25, -0.2) is 8.42 Å². The standard InChI is InChI=1S/C10H19NO5S/c1-9(2,6-7(12)13)11-8(14)10(3,4)17(5,15)16/h6H2,1-5H3,(H,11,14)(H,12,13). The molecule has 0 spiro atoms. The second-order valence-electron chi connectivity index (χ2n) is 5.19. The number of sulfone groups is 1. The molecule has 1 amide bonds. The van der Waals surface area contributed by atoms with Gasteiger partial charge in [0.1, 0.15) is 4.75 Å². The van der Waals surface area contributed by atoms with E-state index in [9.17, 15) is 18.0 Å². The third-order valence-electron chi connectivity index (χ3n) is 2.52. The lowest BCUT2D eigenvalue weighted by molar-refractivity contribution is -0.138. The van der Waals surface area contributed by atoms with E-state index in [1.165, 1.54) is 27.7 Å². The summed E-state index contributed by atoms with van der Waals surface area (Å²) in [6, 6.07) is 0. The summed E-state index contributed by atoms with van der Waals surface area (Å²) in [5.41, 5.74) is -0.995. The van der Waals surface area contributed by atoms with Crippen LogP contribution in [-0.2, 0) is 19.4 Å². The van der Waals surface area contributed by atoms with Crippen molar-refractivity contribution < 1.29 is 23.1 Å². The van der Waals surface area contributed by atoms with Crippen molar-refractivity contribution in [2.45, 2.75) is 44.4 Å². The van der Waals surface area contributed by atoms with Crippen LogP contribution in [0.5, 0.6) is 0 Å². The summed E-state index contributed by atoms with van der Waals surface area (Å²) < 4.78 is 21.3. The summed E-state index contributed by atoms with van der Waals surface area (Å²) in [6.45, 7) is 5.62. The van der Waals surface area contributed by atoms with Crippen molar-refractivity contribution in [1.82, 2.24) is 5.32 Å². The molecule has 0 aromatic rings. The normalized spacial score (nSPS) is 13.2. The van der Waals surface area contributed by atoms with Gasteiger partial charge in [0.2, 0.25) is 5.91 Å². The third-order valence-corrected chi connectivity index (χ3v) is 4.56. The summed E-state index contributed by atoms with van der Waals surface area (Å²) >= 11 is 0. The number of rotatable bonds is 5. The van der Waals surface area contributed by atoms with E-state index in [4.69, 9.17) is 5.11 Å². The molecule has 0 aliphatic heterocycles. The lowest BCUT2D eigenvalue weighted by Crippen LogP contribution is -2.55. The van der Waals surface area contributed by atoms with Gasteiger partial charge in [0.25, 0.3) is 0 Å². The first kappa shape index (κ1) is 15.9. The highest BCUT2D eigenvalue weighted by Gasteiger charge is 2.40.